The predicted molar refractivity (Wildman–Crippen MR) is 124 cm³/mol. The summed E-state index contributed by atoms with van der Waals surface area (Å²) >= 11 is 0. The van der Waals surface area contributed by atoms with Gasteiger partial charge in [0.1, 0.15) is 11.6 Å². The number of carbonyl (C=O) groups excluding carboxylic acids is 2. The van der Waals surface area contributed by atoms with Gasteiger partial charge < -0.3 is 9.67 Å². The van der Waals surface area contributed by atoms with Crippen LogP contribution in [0.1, 0.15) is 50.7 Å². The Morgan fingerprint density at radius 1 is 1.29 bits per heavy atom. The molecular weight excluding hydrogens is 388 g/mol. The lowest BCUT2D eigenvalue weighted by Gasteiger charge is -2.39. The van der Waals surface area contributed by atoms with Crippen molar-refractivity contribution in [3.8, 4) is 0 Å². The van der Waals surface area contributed by atoms with E-state index in [1.165, 1.54) is 27.6 Å². The predicted octanol–water partition coefficient (Wildman–Crippen LogP) is 3.86. The fraction of sp³-hybridized carbons (Fsp3) is 0.538. The number of hydrogen-bond donors (Lipinski definition) is 1. The van der Waals surface area contributed by atoms with Crippen LogP contribution in [-0.4, -0.2) is 52.4 Å². The van der Waals surface area contributed by atoms with Crippen molar-refractivity contribution in [3.63, 3.8) is 0 Å². The van der Waals surface area contributed by atoms with Gasteiger partial charge >= 0.3 is 0 Å². The van der Waals surface area contributed by atoms with Crippen LogP contribution in [0.3, 0.4) is 0 Å². The fourth-order valence-corrected chi connectivity index (χ4v) is 5.20. The molecule has 2 aromatic rings. The van der Waals surface area contributed by atoms with Gasteiger partial charge in [-0.3, -0.25) is 14.5 Å². The number of likely N-dealkylation sites (N-methyl/N-ethyl adjacent to an activating group) is 1. The van der Waals surface area contributed by atoms with Crippen LogP contribution in [0.25, 0.3) is 16.5 Å². The maximum atomic E-state index is 12.9. The van der Waals surface area contributed by atoms with E-state index < -0.39 is 0 Å². The third kappa shape index (κ3) is 4.26. The van der Waals surface area contributed by atoms with Gasteiger partial charge in [0, 0.05) is 68.0 Å². The molecule has 0 fully saturated rings. The number of benzene rings is 1. The Balaban J connectivity index is 1.66. The Bertz CT molecular complexity index is 1020. The summed E-state index contributed by atoms with van der Waals surface area (Å²) in [6.45, 7) is 5.48. The first-order chi connectivity index (χ1) is 14.9. The zero-order valence-electron chi connectivity index (χ0n) is 18.9. The van der Waals surface area contributed by atoms with Gasteiger partial charge in [-0.15, -0.1) is 0 Å². The first-order valence-electron chi connectivity index (χ1n) is 11.6. The van der Waals surface area contributed by atoms with E-state index in [4.69, 9.17) is 0 Å². The van der Waals surface area contributed by atoms with Gasteiger partial charge in [0.25, 0.3) is 0 Å². The Labute approximate surface area is 184 Å². The van der Waals surface area contributed by atoms with Gasteiger partial charge in [0.15, 0.2) is 0 Å². The molecule has 1 aliphatic carbocycles. The highest BCUT2D eigenvalue weighted by molar-refractivity contribution is 6.00. The fourth-order valence-electron chi connectivity index (χ4n) is 5.20. The Kier molecular flexibility index (Phi) is 6.44. The highest BCUT2D eigenvalue weighted by Crippen LogP contribution is 2.42. The number of aliphatic hydroxyl groups is 1. The molecule has 0 amide bonds. The molecule has 1 aromatic heterocycles. The zero-order chi connectivity index (χ0) is 22.1. The van der Waals surface area contributed by atoms with Gasteiger partial charge in [-0.25, -0.2) is 0 Å². The number of rotatable bonds is 9. The summed E-state index contributed by atoms with van der Waals surface area (Å²) in [7, 11) is 2.12. The van der Waals surface area contributed by atoms with E-state index in [0.717, 1.165) is 25.9 Å². The molecule has 1 N–H and O–H groups in total. The first kappa shape index (κ1) is 22.0. The van der Waals surface area contributed by atoms with Crippen molar-refractivity contribution in [3.05, 3.63) is 41.6 Å². The van der Waals surface area contributed by atoms with Crippen molar-refractivity contribution in [2.24, 2.45) is 11.8 Å². The van der Waals surface area contributed by atoms with E-state index >= 15 is 0 Å². The molecule has 4 rings (SSSR count). The van der Waals surface area contributed by atoms with Crippen molar-refractivity contribution >= 4 is 28.0 Å². The molecule has 2 aliphatic rings. The van der Waals surface area contributed by atoms with Crippen LogP contribution >= 0.6 is 0 Å². The van der Waals surface area contributed by atoms with E-state index in [1.54, 1.807) is 0 Å². The third-order valence-corrected chi connectivity index (χ3v) is 6.99. The number of aromatic nitrogens is 1. The molecule has 0 unspecified atom stereocenters. The van der Waals surface area contributed by atoms with Crippen LogP contribution in [0.15, 0.2) is 30.5 Å². The maximum Gasteiger partial charge on any atom is 0.141 e. The monoisotopic (exact) mass is 422 g/mol. The SMILES string of the molecule is CCC(=O)CCCn1cc2c3c(cccc31)C1=C[C@@H](C(=O)C[C@@H](C)CO)CN(C)[C@@H]1C2. The van der Waals surface area contributed by atoms with Crippen LogP contribution in [0.4, 0.5) is 0 Å². The molecule has 2 heterocycles. The average molecular weight is 423 g/mol. The summed E-state index contributed by atoms with van der Waals surface area (Å²) in [6.07, 6.45) is 7.96. The molecule has 5 nitrogen and oxygen atoms in total. The van der Waals surface area contributed by atoms with Gasteiger partial charge in [0.05, 0.1) is 0 Å². The van der Waals surface area contributed by atoms with Gasteiger partial charge in [-0.05, 0) is 48.6 Å². The van der Waals surface area contributed by atoms with Crippen molar-refractivity contribution in [2.45, 2.75) is 58.5 Å². The van der Waals surface area contributed by atoms with E-state index in [1.807, 2.05) is 13.8 Å². The molecular formula is C26H34N2O3. The van der Waals surface area contributed by atoms with Crippen LogP contribution < -0.4 is 0 Å². The Morgan fingerprint density at radius 2 is 2.10 bits per heavy atom. The largest absolute Gasteiger partial charge is 0.396 e. The van der Waals surface area contributed by atoms with E-state index in [2.05, 4.69) is 47.0 Å². The van der Waals surface area contributed by atoms with Crippen LogP contribution in [0, 0.1) is 11.8 Å². The zero-order valence-corrected chi connectivity index (χ0v) is 18.9. The molecule has 0 saturated carbocycles. The van der Waals surface area contributed by atoms with Crippen molar-refractivity contribution in [2.75, 3.05) is 20.2 Å². The number of aliphatic hydroxyl groups excluding tert-OH is 1. The molecule has 0 spiro atoms. The second kappa shape index (κ2) is 9.09. The highest BCUT2D eigenvalue weighted by atomic mass is 16.3. The van der Waals surface area contributed by atoms with E-state index in [9.17, 15) is 14.7 Å². The number of nitrogens with zero attached hydrogens (tertiary/aromatic N) is 2. The molecule has 0 saturated heterocycles. The van der Waals surface area contributed by atoms with E-state index in [-0.39, 0.29) is 30.3 Å². The number of Topliss-reactive ketones (excluding diaryl/α,β-unsaturated/α-hetero) is 2. The molecule has 0 bridgehead atoms. The second-order valence-corrected chi connectivity index (χ2v) is 9.39. The highest BCUT2D eigenvalue weighted by Gasteiger charge is 2.36. The molecule has 1 aromatic carbocycles. The summed E-state index contributed by atoms with van der Waals surface area (Å²) < 4.78 is 2.31. The molecule has 31 heavy (non-hydrogen) atoms. The molecule has 166 valence electrons. The lowest BCUT2D eigenvalue weighted by molar-refractivity contribution is -0.123. The van der Waals surface area contributed by atoms with Crippen LogP contribution in [0.2, 0.25) is 0 Å². The molecule has 3 atom stereocenters. The molecule has 0 radical (unpaired) electrons. The number of ketones is 2. The number of aryl methyl sites for hydroxylation is 1. The lowest BCUT2D eigenvalue weighted by atomic mass is 9.78. The standard InChI is InChI=1S/C26H34N2O3/c1-4-20(30)7-6-10-28-15-19-13-24-22(21-8-5-9-23(28)26(19)21)12-18(14-27(24)3)25(31)11-17(2)16-29/h5,8-9,12,15,17-18,24,29H,4,6-7,10-11,13-14,16H2,1-3H3/t17-,18-,24-/m1/s1. The first-order valence-corrected chi connectivity index (χ1v) is 11.6. The van der Waals surface area contributed by atoms with Gasteiger partial charge in [0.2, 0.25) is 0 Å². The van der Waals surface area contributed by atoms with Crippen molar-refractivity contribution in [1.29, 1.82) is 0 Å². The number of hydrogen-bond acceptors (Lipinski definition) is 4. The molecule has 1 aliphatic heterocycles. The summed E-state index contributed by atoms with van der Waals surface area (Å²) in [5.41, 5.74) is 5.09. The minimum atomic E-state index is -0.121. The van der Waals surface area contributed by atoms with Gasteiger partial charge in [-0.2, -0.15) is 0 Å². The Hall–Kier alpha value is -2.24. The lowest BCUT2D eigenvalue weighted by Crippen LogP contribution is -2.44. The van der Waals surface area contributed by atoms with Crippen LogP contribution in [0.5, 0.6) is 0 Å². The smallest absolute Gasteiger partial charge is 0.141 e. The quantitative estimate of drug-likeness (QED) is 0.667. The maximum absolute atomic E-state index is 12.9. The summed E-state index contributed by atoms with van der Waals surface area (Å²) in [5.74, 6) is 0.425. The Morgan fingerprint density at radius 3 is 2.84 bits per heavy atom. The summed E-state index contributed by atoms with van der Waals surface area (Å²) in [5, 5.41) is 10.6. The summed E-state index contributed by atoms with van der Waals surface area (Å²) in [6, 6.07) is 6.75. The van der Waals surface area contributed by atoms with E-state index in [0.29, 0.717) is 25.0 Å². The third-order valence-electron chi connectivity index (χ3n) is 6.99. The second-order valence-electron chi connectivity index (χ2n) is 9.39. The van der Waals surface area contributed by atoms with Crippen molar-refractivity contribution in [1.82, 2.24) is 9.47 Å². The topological polar surface area (TPSA) is 62.5 Å². The normalized spacial score (nSPS) is 21.6. The average Bonchev–Trinajstić information content (AvgIpc) is 3.12. The number of fused-ring (bicyclic) bond motifs is 2. The van der Waals surface area contributed by atoms with Crippen LogP contribution in [-0.2, 0) is 22.6 Å². The van der Waals surface area contributed by atoms with Crippen molar-refractivity contribution < 1.29 is 14.7 Å². The minimum Gasteiger partial charge on any atom is -0.396 e. The molecule has 5 heteroatoms. The van der Waals surface area contributed by atoms with Gasteiger partial charge in [-0.1, -0.05) is 32.1 Å². The minimum absolute atomic E-state index is 0.00365. The number of carbonyl (C=O) groups is 2. The summed E-state index contributed by atoms with van der Waals surface area (Å²) in [4.78, 5) is 26.9.